The van der Waals surface area contributed by atoms with Crippen LogP contribution in [0.2, 0.25) is 0 Å². The first-order valence-electron chi connectivity index (χ1n) is 8.73. The van der Waals surface area contributed by atoms with E-state index in [2.05, 4.69) is 10.2 Å². The fourth-order valence-corrected chi connectivity index (χ4v) is 2.65. The highest BCUT2D eigenvalue weighted by Gasteiger charge is 2.14. The smallest absolute Gasteiger partial charge is 0.283 e. The Kier molecular flexibility index (Phi) is 5.24. The number of rotatable bonds is 7. The average Bonchev–Trinajstić information content (AvgIpc) is 3.37. The van der Waals surface area contributed by atoms with Gasteiger partial charge in [-0.25, -0.2) is 8.78 Å². The third-order valence-corrected chi connectivity index (χ3v) is 4.12. The second-order valence-corrected chi connectivity index (χ2v) is 6.16. The maximum atomic E-state index is 13.6. The van der Waals surface area contributed by atoms with Crippen molar-refractivity contribution in [3.05, 3.63) is 83.4 Å². The summed E-state index contributed by atoms with van der Waals surface area (Å²) >= 11 is 0. The largest absolute Gasteiger partial charge is 0.497 e. The molecular weight excluding hydrogens is 382 g/mol. The Labute approximate surface area is 164 Å². The first-order chi connectivity index (χ1) is 14.1. The predicted octanol–water partition coefficient (Wildman–Crippen LogP) is 4.79. The van der Waals surface area contributed by atoms with E-state index < -0.39 is 11.6 Å². The molecule has 148 valence electrons. The normalized spacial score (nSPS) is 10.9. The van der Waals surface area contributed by atoms with E-state index in [0.717, 1.165) is 23.4 Å². The first kappa shape index (κ1) is 18.7. The van der Waals surface area contributed by atoms with Gasteiger partial charge in [0.05, 0.1) is 13.5 Å². The molecule has 0 saturated carbocycles. The van der Waals surface area contributed by atoms with Crippen molar-refractivity contribution in [3.63, 3.8) is 0 Å². The van der Waals surface area contributed by atoms with Crippen LogP contribution in [0.4, 0.5) is 8.78 Å². The lowest BCUT2D eigenvalue weighted by Gasteiger charge is -2.05. The minimum Gasteiger partial charge on any atom is -0.497 e. The number of halogens is 2. The molecule has 2 heterocycles. The van der Waals surface area contributed by atoms with Crippen LogP contribution in [-0.4, -0.2) is 17.3 Å². The van der Waals surface area contributed by atoms with Crippen molar-refractivity contribution in [2.45, 2.75) is 13.0 Å². The Hall–Kier alpha value is -3.68. The molecule has 0 aliphatic heterocycles. The molecule has 8 heteroatoms. The van der Waals surface area contributed by atoms with Gasteiger partial charge in [-0.3, -0.25) is 0 Å². The highest BCUT2D eigenvalue weighted by atomic mass is 19.1. The summed E-state index contributed by atoms with van der Waals surface area (Å²) in [5.74, 6) is 0.722. The lowest BCUT2D eigenvalue weighted by molar-refractivity contribution is 0.258. The molecule has 4 rings (SSSR count). The highest BCUT2D eigenvalue weighted by Crippen LogP contribution is 2.24. The van der Waals surface area contributed by atoms with Crippen molar-refractivity contribution in [3.8, 4) is 23.1 Å². The summed E-state index contributed by atoms with van der Waals surface area (Å²) in [6.45, 7) is -0.0323. The number of methoxy groups -OCH3 is 1. The Morgan fingerprint density at radius 3 is 2.52 bits per heavy atom. The van der Waals surface area contributed by atoms with Gasteiger partial charge < -0.3 is 18.3 Å². The van der Waals surface area contributed by atoms with Gasteiger partial charge in [0, 0.05) is 6.07 Å². The van der Waals surface area contributed by atoms with Gasteiger partial charge in [-0.15, -0.1) is 10.2 Å². The summed E-state index contributed by atoms with van der Waals surface area (Å²) < 4.78 is 48.3. The van der Waals surface area contributed by atoms with Crippen LogP contribution >= 0.6 is 0 Å². The van der Waals surface area contributed by atoms with E-state index in [1.54, 1.807) is 19.2 Å². The molecule has 29 heavy (non-hydrogen) atoms. The zero-order valence-corrected chi connectivity index (χ0v) is 15.4. The standard InChI is InChI=1S/C21H16F2N2O4/c1-26-15-5-2-13(3-6-15)10-20-24-25-21(29-20)19-9-7-16(28-19)12-27-18-8-4-14(22)11-17(18)23/h2-9,11H,10,12H2,1H3. The summed E-state index contributed by atoms with van der Waals surface area (Å²) in [5, 5.41) is 8.02. The predicted molar refractivity (Wildman–Crippen MR) is 98.5 cm³/mol. The number of furan rings is 1. The van der Waals surface area contributed by atoms with E-state index in [0.29, 0.717) is 23.8 Å². The van der Waals surface area contributed by atoms with E-state index >= 15 is 0 Å². The molecule has 0 amide bonds. The van der Waals surface area contributed by atoms with Crippen molar-refractivity contribution in [2.24, 2.45) is 0 Å². The Bertz CT molecular complexity index is 1110. The van der Waals surface area contributed by atoms with Crippen molar-refractivity contribution >= 4 is 0 Å². The second-order valence-electron chi connectivity index (χ2n) is 6.16. The topological polar surface area (TPSA) is 70.5 Å². The molecule has 0 atom stereocenters. The van der Waals surface area contributed by atoms with Crippen LogP contribution in [-0.2, 0) is 13.0 Å². The van der Waals surface area contributed by atoms with Crippen LogP contribution in [0, 0.1) is 11.6 Å². The molecule has 0 fully saturated rings. The van der Waals surface area contributed by atoms with Crippen molar-refractivity contribution in [1.29, 1.82) is 0 Å². The molecule has 0 aliphatic rings. The number of aromatic nitrogens is 2. The molecule has 0 spiro atoms. The van der Waals surface area contributed by atoms with E-state index in [4.69, 9.17) is 18.3 Å². The summed E-state index contributed by atoms with van der Waals surface area (Å²) in [6.07, 6.45) is 0.470. The van der Waals surface area contributed by atoms with Gasteiger partial charge in [-0.1, -0.05) is 12.1 Å². The number of nitrogens with zero attached hydrogens (tertiary/aromatic N) is 2. The minimum atomic E-state index is -0.781. The maximum absolute atomic E-state index is 13.6. The molecule has 6 nitrogen and oxygen atoms in total. The van der Waals surface area contributed by atoms with Crippen LogP contribution in [0.25, 0.3) is 11.7 Å². The van der Waals surface area contributed by atoms with E-state index in [9.17, 15) is 8.78 Å². The van der Waals surface area contributed by atoms with Crippen molar-refractivity contribution in [1.82, 2.24) is 10.2 Å². The van der Waals surface area contributed by atoms with E-state index in [-0.39, 0.29) is 18.2 Å². The quantitative estimate of drug-likeness (QED) is 0.446. The van der Waals surface area contributed by atoms with Crippen LogP contribution in [0.5, 0.6) is 11.5 Å². The summed E-state index contributed by atoms with van der Waals surface area (Å²) in [5.41, 5.74) is 0.996. The maximum Gasteiger partial charge on any atom is 0.283 e. The van der Waals surface area contributed by atoms with Gasteiger partial charge in [0.25, 0.3) is 5.89 Å². The third kappa shape index (κ3) is 4.43. The third-order valence-electron chi connectivity index (χ3n) is 4.12. The molecule has 0 unspecified atom stereocenters. The highest BCUT2D eigenvalue weighted by molar-refractivity contribution is 5.44. The molecule has 0 N–H and O–H groups in total. The minimum absolute atomic E-state index is 0.0323. The fourth-order valence-electron chi connectivity index (χ4n) is 2.65. The van der Waals surface area contributed by atoms with Gasteiger partial charge in [-0.05, 0) is 42.0 Å². The molecule has 0 aliphatic carbocycles. The number of ether oxygens (including phenoxy) is 2. The van der Waals surface area contributed by atoms with Crippen molar-refractivity contribution < 1.29 is 27.1 Å². The average molecular weight is 398 g/mol. The van der Waals surface area contributed by atoms with Gasteiger partial charge in [0.1, 0.15) is 23.9 Å². The van der Waals surface area contributed by atoms with E-state index in [1.807, 2.05) is 24.3 Å². The molecule has 0 saturated heterocycles. The summed E-state index contributed by atoms with van der Waals surface area (Å²) in [7, 11) is 1.61. The Morgan fingerprint density at radius 2 is 1.76 bits per heavy atom. The van der Waals surface area contributed by atoms with Crippen LogP contribution in [0.1, 0.15) is 17.2 Å². The summed E-state index contributed by atoms with van der Waals surface area (Å²) in [4.78, 5) is 0. The monoisotopic (exact) mass is 398 g/mol. The Morgan fingerprint density at radius 1 is 0.931 bits per heavy atom. The van der Waals surface area contributed by atoms with Crippen LogP contribution in [0.3, 0.4) is 0 Å². The van der Waals surface area contributed by atoms with Crippen molar-refractivity contribution in [2.75, 3.05) is 7.11 Å². The first-order valence-corrected chi connectivity index (χ1v) is 8.73. The molecule has 0 bridgehead atoms. The van der Waals surface area contributed by atoms with Gasteiger partial charge >= 0.3 is 0 Å². The number of benzene rings is 2. The lowest BCUT2D eigenvalue weighted by atomic mass is 10.1. The molecule has 2 aromatic heterocycles. The molecule has 4 aromatic rings. The Balaban J connectivity index is 1.40. The molecule has 0 radical (unpaired) electrons. The summed E-state index contributed by atoms with van der Waals surface area (Å²) in [6, 6.07) is 14.0. The molecule has 2 aromatic carbocycles. The zero-order valence-electron chi connectivity index (χ0n) is 15.4. The fraction of sp³-hybridized carbons (Fsp3) is 0.143. The van der Waals surface area contributed by atoms with Crippen LogP contribution < -0.4 is 9.47 Å². The SMILES string of the molecule is COc1ccc(Cc2nnc(-c3ccc(COc4ccc(F)cc4F)o3)o2)cc1. The van der Waals surface area contributed by atoms with Gasteiger partial charge in [-0.2, -0.15) is 0 Å². The number of hydrogen-bond acceptors (Lipinski definition) is 6. The van der Waals surface area contributed by atoms with Crippen LogP contribution in [0.15, 0.2) is 63.4 Å². The second kappa shape index (κ2) is 8.14. The number of hydrogen-bond donors (Lipinski definition) is 0. The van der Waals surface area contributed by atoms with Gasteiger partial charge in [0.2, 0.25) is 5.89 Å². The molecular formula is C21H16F2N2O4. The van der Waals surface area contributed by atoms with Gasteiger partial charge in [0.15, 0.2) is 17.3 Å². The van der Waals surface area contributed by atoms with E-state index in [1.165, 1.54) is 6.07 Å². The lowest BCUT2D eigenvalue weighted by Crippen LogP contribution is -1.96. The zero-order chi connectivity index (χ0) is 20.2.